The monoisotopic (exact) mass is 1060 g/mol. The number of ether oxygens (including phenoxy) is 6. The topological polar surface area (TPSA) is 274 Å². The van der Waals surface area contributed by atoms with Crippen LogP contribution in [0.2, 0.25) is 0 Å². The van der Waals surface area contributed by atoms with E-state index < -0.39 is 80.4 Å². The second kappa shape index (κ2) is 26.0. The van der Waals surface area contributed by atoms with Gasteiger partial charge in [0, 0.05) is 25.0 Å². The van der Waals surface area contributed by atoms with Crippen molar-refractivity contribution in [2.75, 3.05) is 27.9 Å². The molecule has 0 aromatic heterocycles. The van der Waals surface area contributed by atoms with Crippen LogP contribution in [0.15, 0.2) is 85.5 Å². The normalized spacial score (nSPS) is 18.6. The van der Waals surface area contributed by atoms with Gasteiger partial charge in [0.1, 0.15) is 42.6 Å². The number of nitrogens with one attached hydrogen (secondary N) is 5. The van der Waals surface area contributed by atoms with Gasteiger partial charge in [-0.15, -0.1) is 0 Å². The number of nitrogens with zero attached hydrogens (tertiary/aromatic N) is 4. The second-order valence-electron chi connectivity index (χ2n) is 15.5. The average molecular weight is 1060 g/mol. The van der Waals surface area contributed by atoms with E-state index in [0.29, 0.717) is 16.9 Å². The molecule has 31 heteroatoms. The summed E-state index contributed by atoms with van der Waals surface area (Å²) in [6.45, 7) is 4.66. The smallest absolute Gasteiger partial charge is 0.497 e. The van der Waals surface area contributed by atoms with Gasteiger partial charge in [0.2, 0.25) is 51.7 Å². The quantitative estimate of drug-likeness (QED) is 0.0396. The lowest BCUT2D eigenvalue weighted by molar-refractivity contribution is -0.145. The molecule has 0 saturated heterocycles. The molecule has 0 fully saturated rings. The fraction of sp³-hybridized carbons (Fsp3) is 0.273. The van der Waals surface area contributed by atoms with E-state index in [1.165, 1.54) is 81.8 Å². The molecule has 5 N–H and O–H groups in total. The zero-order valence-corrected chi connectivity index (χ0v) is 39.6. The number of benzene rings is 4. The molecular formula is C44H43B2F8N9O12. The van der Waals surface area contributed by atoms with Gasteiger partial charge in [-0.25, -0.2) is 9.59 Å². The van der Waals surface area contributed by atoms with Crippen LogP contribution in [0.5, 0.6) is 34.5 Å². The Kier molecular flexibility index (Phi) is 20.2. The number of halogens is 8. The van der Waals surface area contributed by atoms with Gasteiger partial charge >= 0.3 is 37.9 Å². The summed E-state index contributed by atoms with van der Waals surface area (Å²) in [6, 6.07) is 10.1. The summed E-state index contributed by atoms with van der Waals surface area (Å²) < 4.78 is 112. The standard InChI is InChI=1S/C44H41N9O12.2BF4/c1-6-15-63-44(59)49-30-18-23-7-13-32(28(16-23)52-45)64-34-20-26-21-35(38(34)61-4)65-33-14-8-24(17-29(33)53-46)19-31(43(58)62-5)48-41(56)36(25-9-11-27(60-3)12-10-25)51-42(57)37(26)50-39(54)22(2)47-40(30)55;2*2-1(3,4)5/h6-14,16-17,20-22,30-31,36-37H,1,15,18-19H2,2-5H3,(H3-2,47,48,49,50,51,54,55,56,57,59);;/q;2*-1/p+2/t22-,30+,31-,36+,37+;;/m0../s1. The molecule has 0 spiro atoms. The van der Waals surface area contributed by atoms with Gasteiger partial charge in [-0.05, 0) is 65.6 Å². The van der Waals surface area contributed by atoms with E-state index in [1.54, 1.807) is 18.2 Å². The third kappa shape index (κ3) is 17.5. The summed E-state index contributed by atoms with van der Waals surface area (Å²) in [5.41, 5.74) is 0.686. The first-order chi connectivity index (χ1) is 35.3. The molecule has 4 aromatic rings. The molecule has 0 aliphatic carbocycles. The van der Waals surface area contributed by atoms with Crippen molar-refractivity contribution in [2.45, 2.75) is 50.0 Å². The van der Waals surface area contributed by atoms with Crippen LogP contribution in [0.4, 0.5) is 50.7 Å². The van der Waals surface area contributed by atoms with E-state index in [1.807, 2.05) is 0 Å². The first-order valence-electron chi connectivity index (χ1n) is 21.5. The zero-order chi connectivity index (χ0) is 55.8. The van der Waals surface area contributed by atoms with Crippen molar-refractivity contribution in [3.8, 4) is 34.5 Å². The third-order valence-corrected chi connectivity index (χ3v) is 10.2. The lowest BCUT2D eigenvalue weighted by atomic mass is 9.99. The van der Waals surface area contributed by atoms with Crippen LogP contribution >= 0.6 is 0 Å². The van der Waals surface area contributed by atoms with Gasteiger partial charge in [-0.3, -0.25) is 19.2 Å². The lowest BCUT2D eigenvalue weighted by Crippen LogP contribution is -2.55. The second-order valence-corrected chi connectivity index (χ2v) is 15.5. The summed E-state index contributed by atoms with van der Waals surface area (Å²) in [5.74, 6) is -4.54. The number of fused-ring (bicyclic) bond motifs is 16. The number of amides is 5. The van der Waals surface area contributed by atoms with Crippen LogP contribution in [-0.4, -0.2) is 96.3 Å². The molecule has 0 radical (unpaired) electrons. The number of hydrogen-bond donors (Lipinski definition) is 5. The Balaban J connectivity index is 0.00000111. The average Bonchev–Trinajstić information content (AvgIpc) is 3.34. The maximum atomic E-state index is 14.9. The van der Waals surface area contributed by atoms with E-state index in [9.17, 15) is 74.1 Å². The van der Waals surface area contributed by atoms with Gasteiger partial charge in [0.15, 0.2) is 21.5 Å². The SMILES string of the molecule is C=CCOC(=O)N[C@@H]1Cc2ccc(c([N+]#N)c2)Oc2cc3cc(c2OC)Oc2ccc(cc2[N+]#N)C[C@@H](C(=O)OC)NC(=O)[C@@H](c2ccc(OC)cc2)NC(=O)[C@@H]3NC(=O)[C@H](C)NC1=O.F[B-](F)(F)F.F[B-](F)(F)F. The first-order valence-corrected chi connectivity index (χ1v) is 21.5. The van der Waals surface area contributed by atoms with Crippen molar-refractivity contribution in [2.24, 2.45) is 0 Å². The van der Waals surface area contributed by atoms with Crippen LogP contribution < -0.4 is 45.5 Å². The number of esters is 1. The highest BCUT2D eigenvalue weighted by Gasteiger charge is 2.37. The maximum absolute atomic E-state index is 14.9. The molecule has 4 aliphatic heterocycles. The summed E-state index contributed by atoms with van der Waals surface area (Å²) in [5, 5.41) is 33.3. The largest absolute Gasteiger partial charge is 0.673 e. The van der Waals surface area contributed by atoms with E-state index in [0.717, 1.165) is 7.11 Å². The third-order valence-electron chi connectivity index (χ3n) is 10.2. The van der Waals surface area contributed by atoms with Crippen molar-refractivity contribution < 1.29 is 91.7 Å². The highest BCUT2D eigenvalue weighted by atomic mass is 19.5. The molecule has 75 heavy (non-hydrogen) atoms. The highest BCUT2D eigenvalue weighted by Crippen LogP contribution is 2.47. The summed E-state index contributed by atoms with van der Waals surface area (Å²) in [6.07, 6.45) is -0.0196. The highest BCUT2D eigenvalue weighted by molar-refractivity contribution is 6.50. The Hall–Kier alpha value is -9.15. The minimum atomic E-state index is -6.00. The van der Waals surface area contributed by atoms with Crippen molar-refractivity contribution in [1.29, 1.82) is 10.8 Å². The van der Waals surface area contributed by atoms with Gasteiger partial charge in [-0.1, -0.05) is 36.9 Å². The van der Waals surface area contributed by atoms with Crippen LogP contribution in [0, 0.1) is 10.8 Å². The van der Waals surface area contributed by atoms with Crippen molar-refractivity contribution in [3.63, 3.8) is 0 Å². The molecular weight excluding hydrogens is 1020 g/mol. The molecule has 0 saturated carbocycles. The zero-order valence-electron chi connectivity index (χ0n) is 39.6. The van der Waals surface area contributed by atoms with E-state index >= 15 is 0 Å². The molecule has 7 bridgehead atoms. The van der Waals surface area contributed by atoms with Crippen molar-refractivity contribution in [1.82, 2.24) is 26.6 Å². The molecule has 8 rings (SSSR count). The fourth-order valence-corrected chi connectivity index (χ4v) is 6.92. The van der Waals surface area contributed by atoms with Crippen molar-refractivity contribution >= 4 is 61.6 Å². The molecule has 4 aromatic carbocycles. The molecule has 4 aliphatic rings. The van der Waals surface area contributed by atoms with E-state index in [-0.39, 0.29) is 70.7 Å². The van der Waals surface area contributed by atoms with Gasteiger partial charge < -0.3 is 89.5 Å². The fourth-order valence-electron chi connectivity index (χ4n) is 6.92. The number of diazo groups is 2. The van der Waals surface area contributed by atoms with Crippen molar-refractivity contribution in [3.05, 3.63) is 118 Å². The Morgan fingerprint density at radius 2 is 1.17 bits per heavy atom. The molecule has 5 amide bonds. The number of carbonyl (C=O) groups is 6. The summed E-state index contributed by atoms with van der Waals surface area (Å²) in [4.78, 5) is 89.8. The number of alkyl carbamates (subject to hydrolysis) is 1. The Morgan fingerprint density at radius 1 is 0.680 bits per heavy atom. The van der Waals surface area contributed by atoms with Gasteiger partial charge in [0.25, 0.3) is 0 Å². The Morgan fingerprint density at radius 3 is 1.65 bits per heavy atom. The minimum Gasteiger partial charge on any atom is -0.497 e. The Bertz CT molecular complexity index is 2850. The van der Waals surface area contributed by atoms with Crippen LogP contribution in [0.3, 0.4) is 0 Å². The van der Waals surface area contributed by atoms with Gasteiger partial charge in [0.05, 0.1) is 21.3 Å². The Labute approximate surface area is 420 Å². The first kappa shape index (κ1) is 58.4. The predicted octanol–water partition coefficient (Wildman–Crippen LogP) is 7.43. The molecule has 0 unspecified atom stereocenters. The number of hydrogen-bond acceptors (Lipinski definition) is 14. The summed E-state index contributed by atoms with van der Waals surface area (Å²) >= 11 is 0. The number of rotatable bonds is 7. The molecule has 4 heterocycles. The predicted molar refractivity (Wildman–Crippen MR) is 248 cm³/mol. The van der Waals surface area contributed by atoms with Crippen LogP contribution in [0.1, 0.15) is 41.3 Å². The number of carbonyl (C=O) groups excluding carboxylic acids is 6. The van der Waals surface area contributed by atoms with E-state index in [2.05, 4.69) is 43.1 Å². The summed E-state index contributed by atoms with van der Waals surface area (Å²) in [7, 11) is -8.13. The number of methoxy groups -OCH3 is 3. The maximum Gasteiger partial charge on any atom is 0.673 e. The van der Waals surface area contributed by atoms with E-state index in [4.69, 9.17) is 28.4 Å². The lowest BCUT2D eigenvalue weighted by Gasteiger charge is -2.27. The molecule has 5 atom stereocenters. The van der Waals surface area contributed by atoms with Gasteiger partial charge in [-0.2, -0.15) is 0 Å². The minimum absolute atomic E-state index is 0.0524. The van der Waals surface area contributed by atoms with Crippen LogP contribution in [0.25, 0.3) is 9.95 Å². The molecule has 398 valence electrons. The molecule has 21 nitrogen and oxygen atoms in total. The van der Waals surface area contributed by atoms with Crippen LogP contribution in [-0.2, 0) is 46.3 Å².